The van der Waals surface area contributed by atoms with E-state index in [1.807, 2.05) is 11.3 Å². The first-order chi connectivity index (χ1) is 6.45. The highest BCUT2D eigenvalue weighted by atomic mass is 32.1. The molecule has 0 spiro atoms. The molecule has 0 aliphatic rings. The molecule has 0 saturated heterocycles. The molecule has 1 N–H and O–H groups in total. The molecule has 14 heavy (non-hydrogen) atoms. The van der Waals surface area contributed by atoms with Gasteiger partial charge in [0.05, 0.1) is 0 Å². The van der Waals surface area contributed by atoms with Crippen molar-refractivity contribution in [2.75, 3.05) is 6.54 Å². The van der Waals surface area contributed by atoms with E-state index in [4.69, 9.17) is 0 Å². The molecule has 2 heteroatoms. The fraction of sp³-hybridized carbons (Fsp3) is 0.667. The summed E-state index contributed by atoms with van der Waals surface area (Å²) >= 11 is 1.83. The van der Waals surface area contributed by atoms with Gasteiger partial charge in [-0.25, -0.2) is 0 Å². The Bertz CT molecular complexity index is 283. The van der Waals surface area contributed by atoms with E-state index in [0.717, 1.165) is 6.54 Å². The summed E-state index contributed by atoms with van der Waals surface area (Å²) in [5, 5.41) is 5.83. The molecule has 1 rings (SSSR count). The Labute approximate surface area is 91.5 Å². The molecule has 0 radical (unpaired) electrons. The number of aryl methyl sites for hydroxylation is 1. The van der Waals surface area contributed by atoms with Crippen molar-refractivity contribution < 1.29 is 0 Å². The third kappa shape index (κ3) is 2.82. The predicted octanol–water partition coefficient (Wildman–Crippen LogP) is 3.75. The van der Waals surface area contributed by atoms with Crippen LogP contribution in [-0.2, 0) is 0 Å². The lowest BCUT2D eigenvalue weighted by molar-refractivity contribution is 0.277. The molecule has 0 amide bonds. The van der Waals surface area contributed by atoms with Gasteiger partial charge in [0.25, 0.3) is 0 Å². The van der Waals surface area contributed by atoms with E-state index in [2.05, 4.69) is 51.4 Å². The van der Waals surface area contributed by atoms with Gasteiger partial charge in [0.1, 0.15) is 0 Å². The zero-order valence-corrected chi connectivity index (χ0v) is 10.7. The normalized spacial score (nSPS) is 14.4. The maximum absolute atomic E-state index is 3.56. The molecule has 80 valence electrons. The summed E-state index contributed by atoms with van der Waals surface area (Å²) in [6.45, 7) is 12.2. The van der Waals surface area contributed by atoms with Crippen LogP contribution in [0, 0.1) is 12.3 Å². The fourth-order valence-corrected chi connectivity index (χ4v) is 2.47. The Hall–Kier alpha value is -0.340. The molecule has 0 saturated carbocycles. The van der Waals surface area contributed by atoms with Crippen LogP contribution in [0.3, 0.4) is 0 Å². The van der Waals surface area contributed by atoms with E-state index in [-0.39, 0.29) is 5.41 Å². The van der Waals surface area contributed by atoms with Crippen molar-refractivity contribution in [3.05, 3.63) is 21.9 Å². The quantitative estimate of drug-likeness (QED) is 0.803. The van der Waals surface area contributed by atoms with Crippen LogP contribution in [0.4, 0.5) is 0 Å². The first kappa shape index (κ1) is 11.7. The average molecular weight is 211 g/mol. The van der Waals surface area contributed by atoms with Crippen LogP contribution in [0.15, 0.2) is 11.4 Å². The summed E-state index contributed by atoms with van der Waals surface area (Å²) in [5.74, 6) is 0. The molecule has 0 aliphatic carbocycles. The number of thiophene rings is 1. The summed E-state index contributed by atoms with van der Waals surface area (Å²) in [6, 6.07) is 2.76. The van der Waals surface area contributed by atoms with Crippen LogP contribution in [0.25, 0.3) is 0 Å². The van der Waals surface area contributed by atoms with Crippen molar-refractivity contribution in [1.82, 2.24) is 5.32 Å². The van der Waals surface area contributed by atoms with Crippen molar-refractivity contribution in [3.63, 3.8) is 0 Å². The number of rotatable bonds is 3. The monoisotopic (exact) mass is 211 g/mol. The van der Waals surface area contributed by atoms with Crippen LogP contribution in [0.2, 0.25) is 0 Å². The molecule has 1 heterocycles. The van der Waals surface area contributed by atoms with Crippen molar-refractivity contribution in [3.8, 4) is 0 Å². The summed E-state index contributed by atoms with van der Waals surface area (Å²) in [7, 11) is 0. The second-order valence-electron chi connectivity index (χ2n) is 4.85. The largest absolute Gasteiger partial charge is 0.310 e. The van der Waals surface area contributed by atoms with Gasteiger partial charge < -0.3 is 5.32 Å². The van der Waals surface area contributed by atoms with E-state index in [0.29, 0.717) is 6.04 Å². The van der Waals surface area contributed by atoms with E-state index in [1.54, 1.807) is 0 Å². The van der Waals surface area contributed by atoms with Gasteiger partial charge in [-0.3, -0.25) is 0 Å². The minimum absolute atomic E-state index is 0.281. The summed E-state index contributed by atoms with van der Waals surface area (Å²) in [6.07, 6.45) is 0. The highest BCUT2D eigenvalue weighted by Crippen LogP contribution is 2.34. The maximum Gasteiger partial charge on any atom is 0.0377 e. The van der Waals surface area contributed by atoms with Crippen molar-refractivity contribution in [2.45, 2.75) is 40.7 Å². The second-order valence-corrected chi connectivity index (χ2v) is 5.96. The van der Waals surface area contributed by atoms with Crippen molar-refractivity contribution in [2.24, 2.45) is 5.41 Å². The molecular formula is C12H21NS. The molecule has 0 aromatic carbocycles. The van der Waals surface area contributed by atoms with Gasteiger partial charge in [0.15, 0.2) is 0 Å². The fourth-order valence-electron chi connectivity index (χ4n) is 1.74. The van der Waals surface area contributed by atoms with E-state index < -0.39 is 0 Å². The van der Waals surface area contributed by atoms with Gasteiger partial charge in [0.2, 0.25) is 0 Å². The molecule has 0 aliphatic heterocycles. The van der Waals surface area contributed by atoms with Gasteiger partial charge in [-0.05, 0) is 35.9 Å². The lowest BCUT2D eigenvalue weighted by Crippen LogP contribution is -2.31. The molecular weight excluding hydrogens is 190 g/mol. The SMILES string of the molecule is CCNC(c1csc(C)c1)C(C)(C)C. The Kier molecular flexibility index (Phi) is 3.73. The van der Waals surface area contributed by atoms with Crippen molar-refractivity contribution in [1.29, 1.82) is 0 Å². The standard InChI is InChI=1S/C12H21NS/c1-6-13-11(12(3,4)5)10-7-9(2)14-8-10/h7-8,11,13H,6H2,1-5H3. The highest BCUT2D eigenvalue weighted by molar-refractivity contribution is 7.10. The maximum atomic E-state index is 3.56. The zero-order valence-electron chi connectivity index (χ0n) is 9.85. The first-order valence-electron chi connectivity index (χ1n) is 5.23. The Morgan fingerprint density at radius 1 is 1.43 bits per heavy atom. The number of hydrogen-bond acceptors (Lipinski definition) is 2. The summed E-state index contributed by atoms with van der Waals surface area (Å²) in [4.78, 5) is 1.40. The zero-order chi connectivity index (χ0) is 10.8. The molecule has 1 atom stereocenters. The smallest absolute Gasteiger partial charge is 0.0377 e. The van der Waals surface area contributed by atoms with E-state index in [9.17, 15) is 0 Å². The predicted molar refractivity (Wildman–Crippen MR) is 64.9 cm³/mol. The van der Waals surface area contributed by atoms with Crippen molar-refractivity contribution >= 4 is 11.3 Å². The van der Waals surface area contributed by atoms with Crippen LogP contribution < -0.4 is 5.32 Å². The van der Waals surface area contributed by atoms with Gasteiger partial charge in [0, 0.05) is 10.9 Å². The topological polar surface area (TPSA) is 12.0 Å². The molecule has 0 bridgehead atoms. The van der Waals surface area contributed by atoms with Crippen LogP contribution in [0.5, 0.6) is 0 Å². The van der Waals surface area contributed by atoms with E-state index >= 15 is 0 Å². The third-order valence-corrected chi connectivity index (χ3v) is 3.24. The third-order valence-electron chi connectivity index (χ3n) is 2.36. The summed E-state index contributed by atoms with van der Waals surface area (Å²) < 4.78 is 0. The number of hydrogen-bond donors (Lipinski definition) is 1. The lowest BCUT2D eigenvalue weighted by atomic mass is 9.83. The number of nitrogens with one attached hydrogen (secondary N) is 1. The molecule has 1 aromatic heterocycles. The summed E-state index contributed by atoms with van der Waals surface area (Å²) in [5.41, 5.74) is 1.71. The van der Waals surface area contributed by atoms with Gasteiger partial charge >= 0.3 is 0 Å². The van der Waals surface area contributed by atoms with Gasteiger partial charge in [-0.15, -0.1) is 11.3 Å². The van der Waals surface area contributed by atoms with Gasteiger partial charge in [-0.1, -0.05) is 27.7 Å². The second kappa shape index (κ2) is 4.45. The highest BCUT2D eigenvalue weighted by Gasteiger charge is 2.25. The Morgan fingerprint density at radius 3 is 2.43 bits per heavy atom. The van der Waals surface area contributed by atoms with Crippen LogP contribution in [-0.4, -0.2) is 6.54 Å². The van der Waals surface area contributed by atoms with E-state index in [1.165, 1.54) is 10.4 Å². The molecule has 1 unspecified atom stereocenters. The Morgan fingerprint density at radius 2 is 2.07 bits per heavy atom. The molecule has 0 fully saturated rings. The van der Waals surface area contributed by atoms with Crippen LogP contribution >= 0.6 is 11.3 Å². The molecule has 1 nitrogen and oxygen atoms in total. The minimum atomic E-state index is 0.281. The van der Waals surface area contributed by atoms with Gasteiger partial charge in [-0.2, -0.15) is 0 Å². The van der Waals surface area contributed by atoms with Crippen LogP contribution in [0.1, 0.15) is 44.2 Å². The Balaban J connectivity index is 2.88. The lowest BCUT2D eigenvalue weighted by Gasteiger charge is -2.31. The minimum Gasteiger partial charge on any atom is -0.310 e. The molecule has 1 aromatic rings. The first-order valence-corrected chi connectivity index (χ1v) is 6.11. The average Bonchev–Trinajstić information content (AvgIpc) is 2.45.